The van der Waals surface area contributed by atoms with Gasteiger partial charge in [0.25, 0.3) is 0 Å². The average molecular weight is 209 g/mol. The number of rotatable bonds is 2. The van der Waals surface area contributed by atoms with Crippen LogP contribution in [0, 0.1) is 0 Å². The van der Waals surface area contributed by atoms with E-state index in [1.165, 1.54) is 31.2 Å². The van der Waals surface area contributed by atoms with Crippen LogP contribution in [0.1, 0.15) is 47.5 Å². The van der Waals surface area contributed by atoms with E-state index in [9.17, 15) is 4.79 Å². The Bertz CT molecular complexity index is 340. The van der Waals surface area contributed by atoms with Gasteiger partial charge in [-0.1, -0.05) is 36.6 Å². The molecule has 2 rings (SSSR count). The summed E-state index contributed by atoms with van der Waals surface area (Å²) in [6.45, 7) is 0. The zero-order valence-corrected chi connectivity index (χ0v) is 8.76. The van der Waals surface area contributed by atoms with E-state index in [0.29, 0.717) is 11.5 Å². The maximum atomic E-state index is 10.5. The largest absolute Gasteiger partial charge is 0.298 e. The molecule has 0 atom stereocenters. The Morgan fingerprint density at radius 1 is 1.29 bits per heavy atom. The van der Waals surface area contributed by atoms with Gasteiger partial charge in [0, 0.05) is 10.6 Å². The van der Waals surface area contributed by atoms with Crippen LogP contribution in [0.5, 0.6) is 0 Å². The van der Waals surface area contributed by atoms with E-state index in [2.05, 4.69) is 0 Å². The summed E-state index contributed by atoms with van der Waals surface area (Å²) in [7, 11) is 0. The van der Waals surface area contributed by atoms with Gasteiger partial charge in [0.15, 0.2) is 0 Å². The molecule has 0 N–H and O–H groups in total. The van der Waals surface area contributed by atoms with E-state index >= 15 is 0 Å². The molecule has 1 aromatic rings. The molecular weight excluding hydrogens is 196 g/mol. The lowest BCUT2D eigenvalue weighted by Crippen LogP contribution is -1.94. The molecule has 0 heterocycles. The Labute approximate surface area is 89.1 Å². The Kier molecular flexibility index (Phi) is 2.87. The topological polar surface area (TPSA) is 17.1 Å². The fourth-order valence-corrected chi connectivity index (χ4v) is 2.53. The third-order valence-corrected chi connectivity index (χ3v) is 3.28. The molecule has 1 nitrogen and oxygen atoms in total. The molecule has 0 saturated heterocycles. The second-order valence-electron chi connectivity index (χ2n) is 3.88. The summed E-state index contributed by atoms with van der Waals surface area (Å²) in [5, 5.41) is 0.751. The zero-order chi connectivity index (χ0) is 9.97. The van der Waals surface area contributed by atoms with Gasteiger partial charge < -0.3 is 0 Å². The molecule has 74 valence electrons. The summed E-state index contributed by atoms with van der Waals surface area (Å²) in [5.74, 6) is 0.614. The lowest BCUT2D eigenvalue weighted by molar-refractivity contribution is 0.112. The highest BCUT2D eigenvalue weighted by Gasteiger charge is 2.19. The fourth-order valence-electron chi connectivity index (χ4n) is 2.18. The second kappa shape index (κ2) is 4.14. The van der Waals surface area contributed by atoms with Gasteiger partial charge in [-0.05, 0) is 30.4 Å². The predicted octanol–water partition coefficient (Wildman–Crippen LogP) is 3.81. The van der Waals surface area contributed by atoms with E-state index in [0.717, 1.165) is 11.3 Å². The lowest BCUT2D eigenvalue weighted by Gasteiger charge is -2.11. The highest BCUT2D eigenvalue weighted by Crippen LogP contribution is 2.37. The minimum atomic E-state index is 0.614. The summed E-state index contributed by atoms with van der Waals surface area (Å²) in [5.41, 5.74) is 1.88. The van der Waals surface area contributed by atoms with Crippen LogP contribution in [0.3, 0.4) is 0 Å². The van der Waals surface area contributed by atoms with Gasteiger partial charge in [-0.2, -0.15) is 0 Å². The van der Waals surface area contributed by atoms with E-state index in [1.54, 1.807) is 6.07 Å². The maximum Gasteiger partial charge on any atom is 0.150 e. The van der Waals surface area contributed by atoms with Crippen molar-refractivity contribution in [3.8, 4) is 0 Å². The normalized spacial score (nSPS) is 17.2. The molecule has 2 heteroatoms. The smallest absolute Gasteiger partial charge is 0.150 e. The maximum absolute atomic E-state index is 10.5. The van der Waals surface area contributed by atoms with E-state index < -0.39 is 0 Å². The number of benzene rings is 1. The summed E-state index contributed by atoms with van der Waals surface area (Å²) in [6, 6.07) is 5.62. The number of carbonyl (C=O) groups is 1. The fraction of sp³-hybridized carbons (Fsp3) is 0.417. The molecule has 1 fully saturated rings. The highest BCUT2D eigenvalue weighted by atomic mass is 35.5. The van der Waals surface area contributed by atoms with E-state index in [1.807, 2.05) is 12.1 Å². The Morgan fingerprint density at radius 2 is 2.00 bits per heavy atom. The van der Waals surface area contributed by atoms with Gasteiger partial charge in [0.1, 0.15) is 6.29 Å². The number of halogens is 1. The molecule has 0 amide bonds. The monoisotopic (exact) mass is 208 g/mol. The third kappa shape index (κ3) is 1.83. The van der Waals surface area contributed by atoms with Crippen LogP contribution >= 0.6 is 11.6 Å². The average Bonchev–Trinajstić information content (AvgIpc) is 2.70. The molecule has 0 radical (unpaired) electrons. The zero-order valence-electron chi connectivity index (χ0n) is 8.00. The summed E-state index contributed by atoms with van der Waals surface area (Å²) in [6.07, 6.45) is 5.91. The van der Waals surface area contributed by atoms with Crippen molar-refractivity contribution in [3.63, 3.8) is 0 Å². The van der Waals surface area contributed by atoms with Gasteiger partial charge in [0.05, 0.1) is 0 Å². The highest BCUT2D eigenvalue weighted by molar-refractivity contribution is 6.31. The van der Waals surface area contributed by atoms with Crippen LogP contribution in [0.25, 0.3) is 0 Å². The second-order valence-corrected chi connectivity index (χ2v) is 4.29. The summed E-state index contributed by atoms with van der Waals surface area (Å²) < 4.78 is 0. The van der Waals surface area contributed by atoms with Crippen molar-refractivity contribution in [1.29, 1.82) is 0 Å². The van der Waals surface area contributed by atoms with Crippen LogP contribution in [-0.2, 0) is 0 Å². The summed E-state index contributed by atoms with van der Waals surface area (Å²) in [4.78, 5) is 10.5. The Hall–Kier alpha value is -0.820. The molecule has 0 aliphatic heterocycles. The molecule has 1 saturated carbocycles. The van der Waals surface area contributed by atoms with Crippen LogP contribution in [0.4, 0.5) is 0 Å². The van der Waals surface area contributed by atoms with Crippen molar-refractivity contribution in [2.24, 2.45) is 0 Å². The molecule has 1 aliphatic rings. The van der Waals surface area contributed by atoms with E-state index in [-0.39, 0.29) is 0 Å². The molecule has 1 aliphatic carbocycles. The van der Waals surface area contributed by atoms with Crippen molar-refractivity contribution in [1.82, 2.24) is 0 Å². The predicted molar refractivity (Wildman–Crippen MR) is 58.0 cm³/mol. The number of hydrogen-bond donors (Lipinski definition) is 0. The lowest BCUT2D eigenvalue weighted by atomic mass is 9.97. The van der Waals surface area contributed by atoms with Crippen molar-refractivity contribution in [2.45, 2.75) is 31.6 Å². The quantitative estimate of drug-likeness (QED) is 0.676. The first kappa shape index (κ1) is 9.72. The third-order valence-electron chi connectivity index (χ3n) is 2.96. The molecule has 0 spiro atoms. The Morgan fingerprint density at radius 3 is 2.57 bits per heavy atom. The first-order chi connectivity index (χ1) is 6.81. The SMILES string of the molecule is O=Cc1ccc(C2CCCC2)c(Cl)c1. The van der Waals surface area contributed by atoms with Crippen molar-refractivity contribution in [2.75, 3.05) is 0 Å². The van der Waals surface area contributed by atoms with Gasteiger partial charge in [-0.3, -0.25) is 4.79 Å². The van der Waals surface area contributed by atoms with E-state index in [4.69, 9.17) is 11.6 Å². The van der Waals surface area contributed by atoms with Crippen LogP contribution < -0.4 is 0 Å². The standard InChI is InChI=1S/C12H13ClO/c13-12-7-9(8-14)5-6-11(12)10-3-1-2-4-10/h5-8,10H,1-4H2. The first-order valence-electron chi connectivity index (χ1n) is 5.06. The van der Waals surface area contributed by atoms with Gasteiger partial charge in [0.2, 0.25) is 0 Å². The van der Waals surface area contributed by atoms with Crippen molar-refractivity contribution in [3.05, 3.63) is 34.3 Å². The van der Waals surface area contributed by atoms with Crippen molar-refractivity contribution >= 4 is 17.9 Å². The van der Waals surface area contributed by atoms with Gasteiger partial charge >= 0.3 is 0 Å². The number of aldehydes is 1. The minimum Gasteiger partial charge on any atom is -0.298 e. The number of hydrogen-bond acceptors (Lipinski definition) is 1. The molecule has 14 heavy (non-hydrogen) atoms. The minimum absolute atomic E-state index is 0.614. The number of carbonyl (C=O) groups excluding carboxylic acids is 1. The van der Waals surface area contributed by atoms with Crippen LogP contribution in [0.15, 0.2) is 18.2 Å². The molecule has 0 unspecified atom stereocenters. The van der Waals surface area contributed by atoms with Gasteiger partial charge in [-0.25, -0.2) is 0 Å². The van der Waals surface area contributed by atoms with Crippen LogP contribution in [-0.4, -0.2) is 6.29 Å². The first-order valence-corrected chi connectivity index (χ1v) is 5.43. The molecule has 0 bridgehead atoms. The van der Waals surface area contributed by atoms with Crippen LogP contribution in [0.2, 0.25) is 5.02 Å². The Balaban J connectivity index is 2.29. The molecule has 1 aromatic carbocycles. The summed E-state index contributed by atoms with van der Waals surface area (Å²) >= 11 is 6.13. The van der Waals surface area contributed by atoms with Gasteiger partial charge in [-0.15, -0.1) is 0 Å². The van der Waals surface area contributed by atoms with Crippen molar-refractivity contribution < 1.29 is 4.79 Å². The molecular formula is C12H13ClO. The molecule has 0 aromatic heterocycles.